The lowest BCUT2D eigenvalue weighted by molar-refractivity contribution is 0.232. The van der Waals surface area contributed by atoms with Crippen LogP contribution in [-0.2, 0) is 6.54 Å². The maximum absolute atomic E-state index is 13.7. The molecule has 0 aromatic carbocycles. The van der Waals surface area contributed by atoms with Gasteiger partial charge in [-0.15, -0.1) is 0 Å². The van der Waals surface area contributed by atoms with Gasteiger partial charge in [-0.1, -0.05) is 5.16 Å². The van der Waals surface area contributed by atoms with Gasteiger partial charge in [-0.2, -0.15) is 4.98 Å². The summed E-state index contributed by atoms with van der Waals surface area (Å²) in [6.07, 6.45) is 1.68. The second kappa shape index (κ2) is 6.30. The van der Waals surface area contributed by atoms with E-state index in [1.54, 1.807) is 6.92 Å². The molecule has 1 aliphatic rings. The highest BCUT2D eigenvalue weighted by molar-refractivity contribution is 5.23. The fourth-order valence-electron chi connectivity index (χ4n) is 2.53. The van der Waals surface area contributed by atoms with Crippen LogP contribution in [0.3, 0.4) is 0 Å². The molecule has 0 radical (unpaired) electrons. The van der Waals surface area contributed by atoms with E-state index in [2.05, 4.69) is 25.4 Å². The molecule has 22 heavy (non-hydrogen) atoms. The van der Waals surface area contributed by atoms with Gasteiger partial charge in [0.25, 0.3) is 0 Å². The van der Waals surface area contributed by atoms with Crippen LogP contribution in [-0.4, -0.2) is 50.3 Å². The molecule has 0 saturated carbocycles. The lowest BCUT2D eigenvalue weighted by Gasteiger charge is -2.22. The minimum absolute atomic E-state index is 0.0394. The van der Waals surface area contributed by atoms with E-state index in [0.29, 0.717) is 43.7 Å². The standard InChI is InChI=1S/C13H16F2N6O/c1-8-19-12(20-22-8)7-21-6-9(14)2-11(21)5-18-13-16-3-10(15)4-17-13/h3-4,9,11H,2,5-7H2,1H3,(H,16,17,18)/t9-,11-/m0/s1. The fourth-order valence-corrected chi connectivity index (χ4v) is 2.53. The third-order valence-electron chi connectivity index (χ3n) is 3.51. The Labute approximate surface area is 125 Å². The number of aromatic nitrogens is 4. The highest BCUT2D eigenvalue weighted by Crippen LogP contribution is 2.22. The lowest BCUT2D eigenvalue weighted by Crippen LogP contribution is -2.35. The first kappa shape index (κ1) is 14.8. The molecule has 2 atom stereocenters. The van der Waals surface area contributed by atoms with Crippen LogP contribution in [0.4, 0.5) is 14.7 Å². The number of hydrogen-bond donors (Lipinski definition) is 1. The molecule has 7 nitrogen and oxygen atoms in total. The summed E-state index contributed by atoms with van der Waals surface area (Å²) in [7, 11) is 0. The molecule has 0 amide bonds. The monoisotopic (exact) mass is 310 g/mol. The van der Waals surface area contributed by atoms with Gasteiger partial charge < -0.3 is 9.84 Å². The summed E-state index contributed by atoms with van der Waals surface area (Å²) >= 11 is 0. The topological polar surface area (TPSA) is 80.0 Å². The van der Waals surface area contributed by atoms with E-state index in [0.717, 1.165) is 12.4 Å². The van der Waals surface area contributed by atoms with E-state index >= 15 is 0 Å². The molecule has 1 fully saturated rings. The van der Waals surface area contributed by atoms with Crippen molar-refractivity contribution in [3.63, 3.8) is 0 Å². The molecule has 0 bridgehead atoms. The Bertz CT molecular complexity index is 619. The SMILES string of the molecule is Cc1nc(CN2C[C@@H](F)C[C@H]2CNc2ncc(F)cn2)no1. The average Bonchev–Trinajstić information content (AvgIpc) is 3.04. The van der Waals surface area contributed by atoms with Crippen molar-refractivity contribution in [3.05, 3.63) is 29.9 Å². The van der Waals surface area contributed by atoms with Crippen molar-refractivity contribution in [2.24, 2.45) is 0 Å². The highest BCUT2D eigenvalue weighted by Gasteiger charge is 2.32. The van der Waals surface area contributed by atoms with Crippen LogP contribution in [0.5, 0.6) is 0 Å². The quantitative estimate of drug-likeness (QED) is 0.892. The van der Waals surface area contributed by atoms with Crippen LogP contribution < -0.4 is 5.32 Å². The molecule has 0 spiro atoms. The first-order valence-electron chi connectivity index (χ1n) is 6.99. The summed E-state index contributed by atoms with van der Waals surface area (Å²) in [4.78, 5) is 13.7. The van der Waals surface area contributed by atoms with Crippen molar-refractivity contribution in [2.45, 2.75) is 32.1 Å². The predicted molar refractivity (Wildman–Crippen MR) is 73.2 cm³/mol. The maximum Gasteiger partial charge on any atom is 0.223 e. The Morgan fingerprint density at radius 3 is 2.86 bits per heavy atom. The molecule has 0 unspecified atom stereocenters. The Morgan fingerprint density at radius 1 is 1.41 bits per heavy atom. The number of rotatable bonds is 5. The van der Waals surface area contributed by atoms with Gasteiger partial charge in [0.2, 0.25) is 11.8 Å². The van der Waals surface area contributed by atoms with Crippen LogP contribution in [0.15, 0.2) is 16.9 Å². The molecule has 9 heteroatoms. The Hall–Kier alpha value is -2.16. The lowest BCUT2D eigenvalue weighted by atomic mass is 10.2. The van der Waals surface area contributed by atoms with E-state index in [4.69, 9.17) is 4.52 Å². The maximum atomic E-state index is 13.7. The number of nitrogens with zero attached hydrogens (tertiary/aromatic N) is 5. The summed E-state index contributed by atoms with van der Waals surface area (Å²) in [6, 6.07) is -0.0394. The second-order valence-corrected chi connectivity index (χ2v) is 5.25. The molecule has 1 N–H and O–H groups in total. The number of nitrogens with one attached hydrogen (secondary N) is 1. The van der Waals surface area contributed by atoms with Gasteiger partial charge in [0.15, 0.2) is 11.6 Å². The normalized spacial score (nSPS) is 22.1. The van der Waals surface area contributed by atoms with E-state index in [9.17, 15) is 8.78 Å². The van der Waals surface area contributed by atoms with Gasteiger partial charge in [-0.3, -0.25) is 4.90 Å². The molecule has 1 saturated heterocycles. The van der Waals surface area contributed by atoms with E-state index in [-0.39, 0.29) is 6.04 Å². The molecule has 3 heterocycles. The summed E-state index contributed by atoms with van der Waals surface area (Å²) in [5.74, 6) is 0.846. The van der Waals surface area contributed by atoms with Crippen molar-refractivity contribution in [1.82, 2.24) is 25.0 Å². The highest BCUT2D eigenvalue weighted by atomic mass is 19.1. The first-order chi connectivity index (χ1) is 10.6. The van der Waals surface area contributed by atoms with Gasteiger partial charge in [0, 0.05) is 26.1 Å². The third kappa shape index (κ3) is 3.53. The van der Waals surface area contributed by atoms with Crippen molar-refractivity contribution in [2.75, 3.05) is 18.4 Å². The number of aryl methyl sites for hydroxylation is 1. The summed E-state index contributed by atoms with van der Waals surface area (Å²) in [6.45, 7) is 2.92. The van der Waals surface area contributed by atoms with Crippen LogP contribution in [0.1, 0.15) is 18.1 Å². The van der Waals surface area contributed by atoms with Crippen molar-refractivity contribution in [3.8, 4) is 0 Å². The summed E-state index contributed by atoms with van der Waals surface area (Å²) in [5, 5.41) is 6.82. The fraction of sp³-hybridized carbons (Fsp3) is 0.538. The van der Waals surface area contributed by atoms with Crippen LogP contribution in [0.25, 0.3) is 0 Å². The smallest absolute Gasteiger partial charge is 0.223 e. The Morgan fingerprint density at radius 2 is 2.18 bits per heavy atom. The van der Waals surface area contributed by atoms with Crippen LogP contribution >= 0.6 is 0 Å². The molecule has 0 aliphatic carbocycles. The van der Waals surface area contributed by atoms with Gasteiger partial charge in [-0.05, 0) is 6.42 Å². The Kier molecular flexibility index (Phi) is 4.23. The van der Waals surface area contributed by atoms with Gasteiger partial charge >= 0.3 is 0 Å². The summed E-state index contributed by atoms with van der Waals surface area (Å²) < 4.78 is 31.4. The number of likely N-dealkylation sites (tertiary alicyclic amines) is 1. The molecule has 3 rings (SSSR count). The van der Waals surface area contributed by atoms with Crippen molar-refractivity contribution < 1.29 is 13.3 Å². The minimum atomic E-state index is -0.895. The minimum Gasteiger partial charge on any atom is -0.353 e. The molecular weight excluding hydrogens is 294 g/mol. The molecular formula is C13H16F2N6O. The van der Waals surface area contributed by atoms with E-state index in [1.165, 1.54) is 0 Å². The van der Waals surface area contributed by atoms with Crippen molar-refractivity contribution >= 4 is 5.95 Å². The van der Waals surface area contributed by atoms with Crippen LogP contribution in [0, 0.1) is 12.7 Å². The zero-order valence-corrected chi connectivity index (χ0v) is 12.0. The number of alkyl halides is 1. The number of hydrogen-bond acceptors (Lipinski definition) is 7. The largest absolute Gasteiger partial charge is 0.353 e. The predicted octanol–water partition coefficient (Wildman–Crippen LogP) is 1.33. The first-order valence-corrected chi connectivity index (χ1v) is 6.99. The molecule has 118 valence electrons. The molecule has 1 aliphatic heterocycles. The number of anilines is 1. The Balaban J connectivity index is 1.59. The third-order valence-corrected chi connectivity index (χ3v) is 3.51. The van der Waals surface area contributed by atoms with E-state index in [1.807, 2.05) is 4.90 Å². The van der Waals surface area contributed by atoms with E-state index < -0.39 is 12.0 Å². The van der Waals surface area contributed by atoms with Gasteiger partial charge in [0.05, 0.1) is 18.9 Å². The second-order valence-electron chi connectivity index (χ2n) is 5.25. The average molecular weight is 310 g/mol. The van der Waals surface area contributed by atoms with Crippen LogP contribution in [0.2, 0.25) is 0 Å². The number of halogens is 2. The summed E-state index contributed by atoms with van der Waals surface area (Å²) in [5.41, 5.74) is 0. The zero-order valence-electron chi connectivity index (χ0n) is 12.0. The molecule has 2 aromatic rings. The van der Waals surface area contributed by atoms with Gasteiger partial charge in [-0.25, -0.2) is 18.7 Å². The van der Waals surface area contributed by atoms with Gasteiger partial charge in [0.1, 0.15) is 6.17 Å². The zero-order chi connectivity index (χ0) is 15.5. The van der Waals surface area contributed by atoms with Crippen molar-refractivity contribution in [1.29, 1.82) is 0 Å². The molecule has 2 aromatic heterocycles.